The molecule has 0 aromatic heterocycles. The van der Waals surface area contributed by atoms with Crippen molar-refractivity contribution in [2.45, 2.75) is 25.5 Å². The fourth-order valence-corrected chi connectivity index (χ4v) is 4.25. The summed E-state index contributed by atoms with van der Waals surface area (Å²) in [4.78, 5) is 40.7. The van der Waals surface area contributed by atoms with Gasteiger partial charge in [-0.3, -0.25) is 19.4 Å². The van der Waals surface area contributed by atoms with E-state index in [9.17, 15) is 29.7 Å². The van der Waals surface area contributed by atoms with Gasteiger partial charge < -0.3 is 36.6 Å². The number of phenols is 1. The first kappa shape index (κ1) is 27.2. The molecule has 0 spiro atoms. The first-order chi connectivity index (χ1) is 17.0. The lowest BCUT2D eigenvalue weighted by molar-refractivity contribution is -0.137. The molecule has 0 bridgehead atoms. The van der Waals surface area contributed by atoms with E-state index in [1.54, 1.807) is 18.2 Å². The minimum absolute atomic E-state index is 0.00771. The Labute approximate surface area is 220 Å². The monoisotopic (exact) mass is 581 g/mol. The van der Waals surface area contributed by atoms with Gasteiger partial charge >= 0.3 is 5.97 Å². The molecule has 2 aromatic rings. The highest BCUT2D eigenvalue weighted by molar-refractivity contribution is 9.10. The fraction of sp³-hybridized carbons (Fsp3) is 0.304. The van der Waals surface area contributed by atoms with Crippen molar-refractivity contribution in [3.63, 3.8) is 0 Å². The van der Waals surface area contributed by atoms with Gasteiger partial charge in [-0.2, -0.15) is 0 Å². The lowest BCUT2D eigenvalue weighted by atomic mass is 10.0. The molecule has 0 fully saturated rings. The van der Waals surface area contributed by atoms with E-state index in [1.165, 1.54) is 12.1 Å². The zero-order valence-electron chi connectivity index (χ0n) is 19.1. The number of nitrogens with zero attached hydrogens (tertiary/aromatic N) is 1. The number of carboxylic acids is 1. The third kappa shape index (κ3) is 7.33. The molecule has 36 heavy (non-hydrogen) atoms. The number of hydrogen-bond donors (Lipinski definition) is 7. The van der Waals surface area contributed by atoms with Crippen LogP contribution in [0.25, 0.3) is 0 Å². The number of benzene rings is 2. The molecule has 1 heterocycles. The highest BCUT2D eigenvalue weighted by Gasteiger charge is 2.23. The summed E-state index contributed by atoms with van der Waals surface area (Å²) < 4.78 is 0.493. The van der Waals surface area contributed by atoms with Crippen molar-refractivity contribution in [1.82, 2.24) is 16.0 Å². The van der Waals surface area contributed by atoms with Crippen LogP contribution in [0.4, 0.5) is 5.69 Å². The number of aliphatic carboxylic acids is 1. The van der Waals surface area contributed by atoms with Crippen molar-refractivity contribution in [2.24, 2.45) is 4.99 Å². The minimum Gasteiger partial charge on any atom is -0.506 e. The molecule has 1 aliphatic rings. The van der Waals surface area contributed by atoms with Gasteiger partial charge in [-0.25, -0.2) is 0 Å². The van der Waals surface area contributed by atoms with E-state index in [2.05, 4.69) is 42.2 Å². The molecule has 1 aliphatic heterocycles. The number of β-amino-alcohol motifs (C(OH)–C–C–N with tert-alkyl or cyclic N) is 1. The molecule has 192 valence electrons. The number of guanidine groups is 1. The summed E-state index contributed by atoms with van der Waals surface area (Å²) in [6.45, 7) is 2.03. The van der Waals surface area contributed by atoms with Crippen molar-refractivity contribution < 1.29 is 29.7 Å². The summed E-state index contributed by atoms with van der Waals surface area (Å²) >= 11 is 9.20. The third-order valence-electron chi connectivity index (χ3n) is 5.27. The van der Waals surface area contributed by atoms with Crippen LogP contribution in [0.1, 0.15) is 33.9 Å². The van der Waals surface area contributed by atoms with Crippen molar-refractivity contribution >= 4 is 57.0 Å². The molecule has 0 radical (unpaired) electrons. The average molecular weight is 583 g/mol. The number of aryl methyl sites for hydroxylation is 1. The van der Waals surface area contributed by atoms with Gasteiger partial charge in [0.25, 0.3) is 5.91 Å². The predicted molar refractivity (Wildman–Crippen MR) is 137 cm³/mol. The van der Waals surface area contributed by atoms with Crippen LogP contribution in [0, 0.1) is 6.92 Å². The number of anilines is 1. The van der Waals surface area contributed by atoms with Crippen LogP contribution in [-0.2, 0) is 9.59 Å². The Kier molecular flexibility index (Phi) is 9.13. The maximum Gasteiger partial charge on any atom is 0.305 e. The van der Waals surface area contributed by atoms with Gasteiger partial charge in [0.15, 0.2) is 5.96 Å². The molecule has 0 saturated heterocycles. The second-order valence-corrected chi connectivity index (χ2v) is 9.43. The minimum atomic E-state index is -1.20. The quantitative estimate of drug-likeness (QED) is 0.247. The molecule has 2 aromatic carbocycles. The summed E-state index contributed by atoms with van der Waals surface area (Å²) in [6, 6.07) is 6.75. The Morgan fingerprint density at radius 1 is 1.28 bits per heavy atom. The smallest absolute Gasteiger partial charge is 0.305 e. The maximum absolute atomic E-state index is 12.7. The van der Waals surface area contributed by atoms with Crippen molar-refractivity contribution in [3.05, 3.63) is 56.5 Å². The van der Waals surface area contributed by atoms with Crippen LogP contribution in [0.3, 0.4) is 0 Å². The van der Waals surface area contributed by atoms with Gasteiger partial charge in [0.1, 0.15) is 5.75 Å². The van der Waals surface area contributed by atoms with Crippen LogP contribution in [0.15, 0.2) is 39.8 Å². The Hall–Kier alpha value is -3.35. The summed E-state index contributed by atoms with van der Waals surface area (Å²) in [5.41, 5.74) is 1.88. The number of carbonyl (C=O) groups excluding carboxylic acids is 2. The standard InChI is InChI=1S/C23H25BrClN5O6/c1-11-2-3-12(4-17(11)30-23-27-8-14(31)9-28-23)22(36)26-10-19(32)29-18(7-20(33)34)15-5-13(24)6-16(25)21(15)35/h2-6,14,18,31,35H,7-10H2,1H3,(H,26,36)(H,29,32)(H,33,34)(H2,27,28,30)/t18-/m1/s1. The summed E-state index contributed by atoms with van der Waals surface area (Å²) in [7, 11) is 0. The van der Waals surface area contributed by atoms with Crippen molar-refractivity contribution in [1.29, 1.82) is 0 Å². The molecule has 1 unspecified atom stereocenters. The van der Waals surface area contributed by atoms with Gasteiger partial charge in [-0.1, -0.05) is 33.6 Å². The number of aliphatic hydroxyl groups is 1. The molecule has 0 saturated carbocycles. The molecule has 3 rings (SSSR count). The lowest BCUT2D eigenvalue weighted by Crippen LogP contribution is -2.42. The van der Waals surface area contributed by atoms with E-state index >= 15 is 0 Å². The molecular formula is C23H25BrClN5O6. The van der Waals surface area contributed by atoms with Gasteiger partial charge in [0.05, 0.1) is 36.7 Å². The van der Waals surface area contributed by atoms with Crippen LogP contribution < -0.4 is 21.3 Å². The number of phenolic OH excluding ortho intramolecular Hbond substituents is 1. The van der Waals surface area contributed by atoms with Gasteiger partial charge in [0, 0.05) is 27.8 Å². The molecule has 2 atom stereocenters. The normalized spacial score (nSPS) is 15.8. The number of halogens is 2. The second kappa shape index (κ2) is 12.1. The van der Waals surface area contributed by atoms with E-state index in [0.29, 0.717) is 22.7 Å². The number of nitrogens with one attached hydrogen (secondary N) is 4. The third-order valence-corrected chi connectivity index (χ3v) is 6.02. The van der Waals surface area contributed by atoms with E-state index in [0.717, 1.165) is 5.56 Å². The Morgan fingerprint density at radius 2 is 2.03 bits per heavy atom. The molecule has 13 heteroatoms. The number of amides is 2. The summed E-state index contributed by atoms with van der Waals surface area (Å²) in [5.74, 6) is -2.26. The van der Waals surface area contributed by atoms with Gasteiger partial charge in [-0.15, -0.1) is 0 Å². The lowest BCUT2D eigenvalue weighted by Gasteiger charge is -2.21. The zero-order chi connectivity index (χ0) is 26.4. The molecule has 0 aliphatic carbocycles. The predicted octanol–water partition coefficient (Wildman–Crippen LogP) is 1.91. The van der Waals surface area contributed by atoms with E-state index in [-0.39, 0.29) is 28.4 Å². The van der Waals surface area contributed by atoms with Crippen LogP contribution in [-0.4, -0.2) is 64.8 Å². The molecule has 7 N–H and O–H groups in total. The molecule has 11 nitrogen and oxygen atoms in total. The fourth-order valence-electron chi connectivity index (χ4n) is 3.41. The summed E-state index contributed by atoms with van der Waals surface area (Å²) in [6.07, 6.45) is -1.07. The highest BCUT2D eigenvalue weighted by atomic mass is 79.9. The number of hydrogen-bond acceptors (Lipinski definition) is 8. The van der Waals surface area contributed by atoms with E-state index < -0.39 is 42.9 Å². The Morgan fingerprint density at radius 3 is 2.69 bits per heavy atom. The highest BCUT2D eigenvalue weighted by Crippen LogP contribution is 2.36. The number of rotatable bonds is 8. The van der Waals surface area contributed by atoms with Crippen LogP contribution >= 0.6 is 27.5 Å². The second-order valence-electron chi connectivity index (χ2n) is 8.10. The Bertz CT molecular complexity index is 1210. The maximum atomic E-state index is 12.7. The van der Waals surface area contributed by atoms with Crippen molar-refractivity contribution in [3.8, 4) is 5.75 Å². The van der Waals surface area contributed by atoms with Crippen LogP contribution in [0.5, 0.6) is 5.75 Å². The zero-order valence-corrected chi connectivity index (χ0v) is 21.5. The number of carbonyl (C=O) groups is 3. The largest absolute Gasteiger partial charge is 0.506 e. The Balaban J connectivity index is 1.65. The van der Waals surface area contributed by atoms with E-state index in [1.807, 2.05) is 6.92 Å². The number of aliphatic imine (C=N–C) groups is 1. The average Bonchev–Trinajstić information content (AvgIpc) is 2.82. The first-order valence-electron chi connectivity index (χ1n) is 10.8. The van der Waals surface area contributed by atoms with Gasteiger partial charge in [0.2, 0.25) is 5.91 Å². The molecule has 2 amide bonds. The SMILES string of the molecule is Cc1ccc(C(=O)NCC(=O)N[C@H](CC(=O)O)c2cc(Br)cc(Cl)c2O)cc1NC1=NCC(O)CN1. The number of aromatic hydroxyl groups is 1. The first-order valence-corrected chi connectivity index (χ1v) is 12.0. The number of carboxylic acid groups (broad SMARTS) is 1. The van der Waals surface area contributed by atoms with Crippen molar-refractivity contribution in [2.75, 3.05) is 25.0 Å². The summed E-state index contributed by atoms with van der Waals surface area (Å²) in [5, 5.41) is 40.1. The van der Waals surface area contributed by atoms with Crippen LogP contribution in [0.2, 0.25) is 5.02 Å². The topological polar surface area (TPSA) is 172 Å². The number of aliphatic hydroxyl groups excluding tert-OH is 1. The van der Waals surface area contributed by atoms with E-state index in [4.69, 9.17) is 11.6 Å². The molecular weight excluding hydrogens is 558 g/mol. The van der Waals surface area contributed by atoms with Gasteiger partial charge in [-0.05, 0) is 36.8 Å².